The highest BCUT2D eigenvalue weighted by Gasteiger charge is 2.32. The quantitative estimate of drug-likeness (QED) is 0.873. The number of amides is 2. The summed E-state index contributed by atoms with van der Waals surface area (Å²) in [4.78, 5) is 28.8. The Morgan fingerprint density at radius 2 is 1.87 bits per heavy atom. The summed E-state index contributed by atoms with van der Waals surface area (Å²) in [6, 6.07) is 12.0. The first-order valence-corrected chi connectivity index (χ1v) is 8.26. The van der Waals surface area contributed by atoms with Crippen LogP contribution in [0.4, 0.5) is 5.69 Å². The highest BCUT2D eigenvalue weighted by molar-refractivity contribution is 6.26. The van der Waals surface area contributed by atoms with E-state index in [0.717, 1.165) is 29.3 Å². The molecule has 1 saturated carbocycles. The van der Waals surface area contributed by atoms with E-state index in [1.807, 2.05) is 48.3 Å². The molecule has 2 aromatic rings. The number of carbonyl (C=O) groups is 2. The first kappa shape index (κ1) is 14.2. The minimum absolute atomic E-state index is 0.0232. The van der Waals surface area contributed by atoms with E-state index in [2.05, 4.69) is 0 Å². The van der Waals surface area contributed by atoms with E-state index >= 15 is 0 Å². The Balaban J connectivity index is 1.62. The van der Waals surface area contributed by atoms with E-state index in [9.17, 15) is 9.59 Å². The maximum atomic E-state index is 12.7. The predicted molar refractivity (Wildman–Crippen MR) is 90.7 cm³/mol. The summed E-state index contributed by atoms with van der Waals surface area (Å²) in [6.45, 7) is 0.125. The second kappa shape index (κ2) is 5.37. The van der Waals surface area contributed by atoms with Crippen LogP contribution in [0, 0.1) is 0 Å². The molecule has 2 aromatic carbocycles. The number of anilines is 1. The molecule has 0 radical (unpaired) electrons. The fourth-order valence-corrected chi connectivity index (χ4v) is 3.88. The van der Waals surface area contributed by atoms with Crippen LogP contribution in [0.15, 0.2) is 36.4 Å². The van der Waals surface area contributed by atoms with E-state index in [4.69, 9.17) is 0 Å². The van der Waals surface area contributed by atoms with Crippen molar-refractivity contribution in [1.29, 1.82) is 0 Å². The summed E-state index contributed by atoms with van der Waals surface area (Å²) in [5.41, 5.74) is 1.56. The highest BCUT2D eigenvalue weighted by Crippen LogP contribution is 2.37. The van der Waals surface area contributed by atoms with Gasteiger partial charge in [-0.3, -0.25) is 14.5 Å². The lowest BCUT2D eigenvalue weighted by Gasteiger charge is -2.27. The molecule has 1 fully saturated rings. The monoisotopic (exact) mass is 308 g/mol. The van der Waals surface area contributed by atoms with Crippen molar-refractivity contribution < 1.29 is 9.59 Å². The molecular weight excluding hydrogens is 288 g/mol. The van der Waals surface area contributed by atoms with Gasteiger partial charge < -0.3 is 4.90 Å². The third-order valence-corrected chi connectivity index (χ3v) is 5.21. The zero-order valence-electron chi connectivity index (χ0n) is 13.3. The lowest BCUT2D eigenvalue weighted by atomic mass is 10.1. The number of likely N-dealkylation sites (N-methyl/N-ethyl adjacent to an activating group) is 1. The Hall–Kier alpha value is -2.36. The molecule has 118 valence electrons. The molecule has 1 aliphatic carbocycles. The van der Waals surface area contributed by atoms with Gasteiger partial charge >= 0.3 is 0 Å². The Labute approximate surface area is 135 Å². The van der Waals surface area contributed by atoms with Gasteiger partial charge in [0.2, 0.25) is 5.91 Å². The summed E-state index contributed by atoms with van der Waals surface area (Å²) >= 11 is 0. The third kappa shape index (κ3) is 2.21. The summed E-state index contributed by atoms with van der Waals surface area (Å²) in [5, 5.41) is 2.02. The molecule has 0 saturated heterocycles. The van der Waals surface area contributed by atoms with Gasteiger partial charge in [0.15, 0.2) is 0 Å². The fraction of sp³-hybridized carbons (Fsp3) is 0.368. The Kier molecular flexibility index (Phi) is 3.33. The summed E-state index contributed by atoms with van der Waals surface area (Å²) < 4.78 is 0. The molecule has 0 bridgehead atoms. The fourth-order valence-electron chi connectivity index (χ4n) is 3.88. The van der Waals surface area contributed by atoms with Crippen molar-refractivity contribution >= 4 is 28.3 Å². The van der Waals surface area contributed by atoms with Crippen molar-refractivity contribution in [2.45, 2.75) is 31.7 Å². The van der Waals surface area contributed by atoms with Crippen molar-refractivity contribution in [1.82, 2.24) is 4.90 Å². The zero-order chi connectivity index (χ0) is 16.0. The second-order valence-corrected chi connectivity index (χ2v) is 6.52. The van der Waals surface area contributed by atoms with Crippen LogP contribution in [0.1, 0.15) is 36.0 Å². The molecular formula is C19H20N2O2. The topological polar surface area (TPSA) is 40.6 Å². The standard InChI is InChI=1S/C19H20N2O2/c1-20(14-8-2-3-9-14)17(22)12-21-16-11-5-7-13-6-4-10-15(18(13)16)19(21)23/h4-7,10-11,14H,2-3,8-9,12H2,1H3. The number of rotatable bonds is 3. The van der Waals surface area contributed by atoms with Crippen LogP contribution >= 0.6 is 0 Å². The van der Waals surface area contributed by atoms with Crippen LogP contribution in [0.25, 0.3) is 10.8 Å². The minimum atomic E-state index is -0.0648. The largest absolute Gasteiger partial charge is 0.341 e. The third-order valence-electron chi connectivity index (χ3n) is 5.21. The van der Waals surface area contributed by atoms with E-state index in [1.54, 1.807) is 4.90 Å². The number of hydrogen-bond acceptors (Lipinski definition) is 2. The van der Waals surface area contributed by atoms with Crippen LogP contribution in [0.2, 0.25) is 0 Å². The van der Waals surface area contributed by atoms with E-state index in [0.29, 0.717) is 11.6 Å². The molecule has 4 nitrogen and oxygen atoms in total. The molecule has 0 spiro atoms. The molecule has 2 aliphatic rings. The van der Waals surface area contributed by atoms with Crippen LogP contribution in [-0.2, 0) is 4.79 Å². The molecule has 2 amide bonds. The van der Waals surface area contributed by atoms with Gasteiger partial charge in [0.1, 0.15) is 6.54 Å². The van der Waals surface area contributed by atoms with Crippen LogP contribution in [0.5, 0.6) is 0 Å². The number of benzene rings is 2. The summed E-state index contributed by atoms with van der Waals surface area (Å²) in [6.07, 6.45) is 4.53. The van der Waals surface area contributed by atoms with Crippen molar-refractivity contribution in [2.75, 3.05) is 18.5 Å². The lowest BCUT2D eigenvalue weighted by Crippen LogP contribution is -2.43. The van der Waals surface area contributed by atoms with Gasteiger partial charge in [0, 0.05) is 24.0 Å². The molecule has 4 heteroatoms. The van der Waals surface area contributed by atoms with Crippen molar-refractivity contribution in [3.05, 3.63) is 42.0 Å². The number of hydrogen-bond donors (Lipinski definition) is 0. The number of carbonyl (C=O) groups excluding carboxylic acids is 2. The zero-order valence-corrected chi connectivity index (χ0v) is 13.3. The molecule has 0 unspecified atom stereocenters. The Morgan fingerprint density at radius 3 is 2.61 bits per heavy atom. The SMILES string of the molecule is CN(C(=O)CN1C(=O)c2cccc3cccc1c23)C1CCCC1. The average Bonchev–Trinajstić information content (AvgIpc) is 3.19. The maximum Gasteiger partial charge on any atom is 0.259 e. The Morgan fingerprint density at radius 1 is 1.17 bits per heavy atom. The second-order valence-electron chi connectivity index (χ2n) is 6.52. The van der Waals surface area contributed by atoms with Gasteiger partial charge in [0.25, 0.3) is 5.91 Å². The van der Waals surface area contributed by atoms with E-state index in [1.165, 1.54) is 12.8 Å². The van der Waals surface area contributed by atoms with Gasteiger partial charge in [-0.25, -0.2) is 0 Å². The Bertz CT molecular complexity index is 788. The van der Waals surface area contributed by atoms with Gasteiger partial charge in [0.05, 0.1) is 5.69 Å². The maximum absolute atomic E-state index is 12.7. The lowest BCUT2D eigenvalue weighted by molar-refractivity contribution is -0.130. The molecule has 4 rings (SSSR count). The molecule has 1 heterocycles. The van der Waals surface area contributed by atoms with E-state index in [-0.39, 0.29) is 18.4 Å². The minimum Gasteiger partial charge on any atom is -0.341 e. The van der Waals surface area contributed by atoms with Gasteiger partial charge in [-0.1, -0.05) is 37.1 Å². The molecule has 23 heavy (non-hydrogen) atoms. The van der Waals surface area contributed by atoms with Crippen LogP contribution < -0.4 is 4.90 Å². The number of nitrogens with zero attached hydrogens (tertiary/aromatic N) is 2. The predicted octanol–water partition coefficient (Wildman–Crippen LogP) is 3.20. The first-order valence-electron chi connectivity index (χ1n) is 8.26. The van der Waals surface area contributed by atoms with E-state index < -0.39 is 0 Å². The van der Waals surface area contributed by atoms with Crippen molar-refractivity contribution in [3.8, 4) is 0 Å². The highest BCUT2D eigenvalue weighted by atomic mass is 16.2. The smallest absolute Gasteiger partial charge is 0.259 e. The summed E-state index contributed by atoms with van der Waals surface area (Å²) in [5.74, 6) is -0.0416. The van der Waals surface area contributed by atoms with Crippen LogP contribution in [0.3, 0.4) is 0 Å². The average molecular weight is 308 g/mol. The first-order chi connectivity index (χ1) is 11.2. The molecule has 1 aliphatic heterocycles. The van der Waals surface area contributed by atoms with Gasteiger partial charge in [-0.15, -0.1) is 0 Å². The molecule has 0 N–H and O–H groups in total. The van der Waals surface area contributed by atoms with Crippen molar-refractivity contribution in [2.24, 2.45) is 0 Å². The van der Waals surface area contributed by atoms with Gasteiger partial charge in [-0.05, 0) is 30.4 Å². The van der Waals surface area contributed by atoms with Crippen molar-refractivity contribution in [3.63, 3.8) is 0 Å². The molecule has 0 aromatic heterocycles. The normalized spacial score (nSPS) is 17.3. The molecule has 0 atom stereocenters. The van der Waals surface area contributed by atoms with Gasteiger partial charge in [-0.2, -0.15) is 0 Å². The summed E-state index contributed by atoms with van der Waals surface area (Å²) in [7, 11) is 1.87. The van der Waals surface area contributed by atoms with Crippen LogP contribution in [-0.4, -0.2) is 36.3 Å².